The molecule has 2 atom stereocenters. The topological polar surface area (TPSA) is 69.6 Å². The molecule has 240 valence electrons. The smallest absolute Gasteiger partial charge is 0.219 e. The van der Waals surface area contributed by atoms with E-state index in [-0.39, 0.29) is 5.91 Å². The van der Waals surface area contributed by atoms with Crippen molar-refractivity contribution in [2.75, 3.05) is 6.54 Å². The number of hydrogen-bond acceptors (Lipinski definition) is 3. The standard InChI is InChI=1S/C36H73NO3/c1-3-5-7-9-11-12-13-14-15-16-17-18-19-20-25-29-33-37-36(40)32-28-24-21-23-27-31-35(39)34(38)30-26-22-10-8-6-4-2/h34-35,38-39H,3-33H2,1-2H3,(H,37,40). The Bertz CT molecular complexity index is 498. The molecule has 0 bridgehead atoms. The van der Waals surface area contributed by atoms with Gasteiger partial charge in [0.05, 0.1) is 12.2 Å². The summed E-state index contributed by atoms with van der Waals surface area (Å²) < 4.78 is 0. The summed E-state index contributed by atoms with van der Waals surface area (Å²) in [7, 11) is 0. The minimum Gasteiger partial charge on any atom is -0.390 e. The van der Waals surface area contributed by atoms with E-state index in [9.17, 15) is 15.0 Å². The lowest BCUT2D eigenvalue weighted by Gasteiger charge is -2.17. The molecule has 0 radical (unpaired) electrons. The van der Waals surface area contributed by atoms with Crippen LogP contribution in [0.25, 0.3) is 0 Å². The van der Waals surface area contributed by atoms with Crippen molar-refractivity contribution in [2.24, 2.45) is 0 Å². The number of carbonyl (C=O) groups is 1. The average Bonchev–Trinajstić information content (AvgIpc) is 2.95. The van der Waals surface area contributed by atoms with E-state index in [1.54, 1.807) is 0 Å². The van der Waals surface area contributed by atoms with Crippen molar-refractivity contribution in [1.82, 2.24) is 5.32 Å². The Labute approximate surface area is 251 Å². The summed E-state index contributed by atoms with van der Waals surface area (Å²) in [6.45, 7) is 5.34. The van der Waals surface area contributed by atoms with Gasteiger partial charge in [-0.25, -0.2) is 0 Å². The summed E-state index contributed by atoms with van der Waals surface area (Å²) in [5.74, 6) is 0.203. The number of carbonyl (C=O) groups excluding carboxylic acids is 1. The summed E-state index contributed by atoms with van der Waals surface area (Å²) in [5, 5.41) is 23.4. The third-order valence-corrected chi connectivity index (χ3v) is 8.55. The third-order valence-electron chi connectivity index (χ3n) is 8.55. The second kappa shape index (κ2) is 32.9. The summed E-state index contributed by atoms with van der Waals surface area (Å²) in [6.07, 6.45) is 35.3. The molecule has 0 aliphatic heterocycles. The van der Waals surface area contributed by atoms with E-state index in [0.717, 1.165) is 64.3 Å². The van der Waals surface area contributed by atoms with Crippen molar-refractivity contribution in [2.45, 2.75) is 219 Å². The number of amides is 1. The Morgan fingerprint density at radius 3 is 1.12 bits per heavy atom. The highest BCUT2D eigenvalue weighted by atomic mass is 16.3. The average molecular weight is 568 g/mol. The van der Waals surface area contributed by atoms with E-state index in [1.807, 2.05) is 0 Å². The second-order valence-electron chi connectivity index (χ2n) is 12.7. The van der Waals surface area contributed by atoms with Crippen LogP contribution in [0.2, 0.25) is 0 Å². The maximum Gasteiger partial charge on any atom is 0.219 e. The SMILES string of the molecule is CCCCCCCCCCCCCCCCCCNC(=O)CCCCCCCC(O)C(O)CCCCCCCC. The Morgan fingerprint density at radius 2 is 0.750 bits per heavy atom. The highest BCUT2D eigenvalue weighted by molar-refractivity contribution is 5.75. The van der Waals surface area contributed by atoms with Crippen LogP contribution in [0.3, 0.4) is 0 Å². The lowest BCUT2D eigenvalue weighted by Crippen LogP contribution is -2.25. The van der Waals surface area contributed by atoms with Crippen LogP contribution in [0.15, 0.2) is 0 Å². The van der Waals surface area contributed by atoms with Gasteiger partial charge in [-0.2, -0.15) is 0 Å². The Hall–Kier alpha value is -0.610. The van der Waals surface area contributed by atoms with Crippen LogP contribution in [0.1, 0.15) is 206 Å². The van der Waals surface area contributed by atoms with Crippen molar-refractivity contribution in [1.29, 1.82) is 0 Å². The number of rotatable bonds is 33. The van der Waals surface area contributed by atoms with Crippen LogP contribution in [-0.4, -0.2) is 34.9 Å². The van der Waals surface area contributed by atoms with Crippen LogP contribution in [0.4, 0.5) is 0 Å². The van der Waals surface area contributed by atoms with Crippen molar-refractivity contribution in [3.05, 3.63) is 0 Å². The third kappa shape index (κ3) is 30.4. The molecule has 0 aromatic carbocycles. The molecule has 0 spiro atoms. The number of aliphatic hydroxyl groups excluding tert-OH is 2. The largest absolute Gasteiger partial charge is 0.390 e. The van der Waals surface area contributed by atoms with Gasteiger partial charge in [0.15, 0.2) is 0 Å². The zero-order valence-electron chi connectivity index (χ0n) is 27.4. The maximum atomic E-state index is 12.0. The molecule has 0 aromatic rings. The van der Waals surface area contributed by atoms with E-state index in [0.29, 0.717) is 12.8 Å². The molecule has 0 saturated heterocycles. The fourth-order valence-corrected chi connectivity index (χ4v) is 5.68. The molecule has 4 nitrogen and oxygen atoms in total. The van der Waals surface area contributed by atoms with Crippen LogP contribution >= 0.6 is 0 Å². The molecule has 2 unspecified atom stereocenters. The molecular weight excluding hydrogens is 494 g/mol. The predicted molar refractivity (Wildman–Crippen MR) is 175 cm³/mol. The number of hydrogen-bond donors (Lipinski definition) is 3. The Kier molecular flexibility index (Phi) is 32.4. The molecular formula is C36H73NO3. The highest BCUT2D eigenvalue weighted by Crippen LogP contribution is 2.16. The fourth-order valence-electron chi connectivity index (χ4n) is 5.68. The second-order valence-corrected chi connectivity index (χ2v) is 12.7. The lowest BCUT2D eigenvalue weighted by atomic mass is 9.99. The molecule has 4 heteroatoms. The summed E-state index contributed by atoms with van der Waals surface area (Å²) in [4.78, 5) is 12.0. The molecule has 0 aromatic heterocycles. The van der Waals surface area contributed by atoms with E-state index < -0.39 is 12.2 Å². The molecule has 0 aliphatic rings. The Morgan fingerprint density at radius 1 is 0.450 bits per heavy atom. The van der Waals surface area contributed by atoms with Gasteiger partial charge >= 0.3 is 0 Å². The van der Waals surface area contributed by atoms with E-state index in [4.69, 9.17) is 0 Å². The number of aliphatic hydroxyl groups is 2. The van der Waals surface area contributed by atoms with E-state index in [1.165, 1.54) is 122 Å². The minimum absolute atomic E-state index is 0.203. The molecule has 3 N–H and O–H groups in total. The quantitative estimate of drug-likeness (QED) is 0.0691. The van der Waals surface area contributed by atoms with Gasteiger partial charge in [-0.3, -0.25) is 4.79 Å². The van der Waals surface area contributed by atoms with Gasteiger partial charge in [-0.05, 0) is 25.7 Å². The van der Waals surface area contributed by atoms with Crippen molar-refractivity contribution in [3.8, 4) is 0 Å². The van der Waals surface area contributed by atoms with Gasteiger partial charge in [0.1, 0.15) is 0 Å². The fraction of sp³-hybridized carbons (Fsp3) is 0.972. The number of unbranched alkanes of at least 4 members (excludes halogenated alkanes) is 24. The molecule has 0 saturated carbocycles. The van der Waals surface area contributed by atoms with Crippen molar-refractivity contribution >= 4 is 5.91 Å². The van der Waals surface area contributed by atoms with Gasteiger partial charge in [-0.1, -0.05) is 174 Å². The first-order chi connectivity index (χ1) is 19.6. The minimum atomic E-state index is -0.578. The van der Waals surface area contributed by atoms with Gasteiger partial charge in [0.2, 0.25) is 5.91 Å². The molecule has 0 rings (SSSR count). The first-order valence-electron chi connectivity index (χ1n) is 18.2. The zero-order chi connectivity index (χ0) is 29.4. The van der Waals surface area contributed by atoms with E-state index >= 15 is 0 Å². The predicted octanol–water partition coefficient (Wildman–Crippen LogP) is 10.6. The first kappa shape index (κ1) is 39.4. The van der Waals surface area contributed by atoms with Crippen molar-refractivity contribution in [3.63, 3.8) is 0 Å². The molecule has 0 fully saturated rings. The number of nitrogens with one attached hydrogen (secondary N) is 1. The first-order valence-corrected chi connectivity index (χ1v) is 18.2. The van der Waals surface area contributed by atoms with E-state index in [2.05, 4.69) is 19.2 Å². The van der Waals surface area contributed by atoms with Gasteiger partial charge in [-0.15, -0.1) is 0 Å². The summed E-state index contributed by atoms with van der Waals surface area (Å²) in [6, 6.07) is 0. The van der Waals surface area contributed by atoms with Crippen LogP contribution < -0.4 is 5.32 Å². The van der Waals surface area contributed by atoms with Crippen molar-refractivity contribution < 1.29 is 15.0 Å². The van der Waals surface area contributed by atoms with Gasteiger partial charge in [0.25, 0.3) is 0 Å². The van der Waals surface area contributed by atoms with Crippen LogP contribution in [-0.2, 0) is 4.79 Å². The Balaban J connectivity index is 3.31. The maximum absolute atomic E-state index is 12.0. The lowest BCUT2D eigenvalue weighted by molar-refractivity contribution is -0.121. The highest BCUT2D eigenvalue weighted by Gasteiger charge is 2.15. The van der Waals surface area contributed by atoms with Gasteiger partial charge in [0, 0.05) is 13.0 Å². The van der Waals surface area contributed by atoms with Crippen LogP contribution in [0, 0.1) is 0 Å². The monoisotopic (exact) mass is 568 g/mol. The normalized spacial score (nSPS) is 13.0. The summed E-state index contributed by atoms with van der Waals surface area (Å²) in [5.41, 5.74) is 0. The summed E-state index contributed by atoms with van der Waals surface area (Å²) >= 11 is 0. The molecule has 40 heavy (non-hydrogen) atoms. The molecule has 1 amide bonds. The zero-order valence-corrected chi connectivity index (χ0v) is 27.4. The molecule has 0 aliphatic carbocycles. The molecule has 0 heterocycles. The van der Waals surface area contributed by atoms with Crippen LogP contribution in [0.5, 0.6) is 0 Å². The van der Waals surface area contributed by atoms with Gasteiger partial charge < -0.3 is 15.5 Å².